The highest BCUT2D eigenvalue weighted by atomic mass is 79.9. The molecule has 0 atom stereocenters. The third-order valence-electron chi connectivity index (χ3n) is 1.81. The summed E-state index contributed by atoms with van der Waals surface area (Å²) in [6.45, 7) is 0.132. The monoisotopic (exact) mass is 326 g/mol. The van der Waals surface area contributed by atoms with Gasteiger partial charge in [-0.15, -0.1) is 0 Å². The predicted molar refractivity (Wildman–Crippen MR) is 62.0 cm³/mol. The molecular weight excluding hydrogens is 319 g/mol. The molecule has 0 aromatic heterocycles. The summed E-state index contributed by atoms with van der Waals surface area (Å²) in [5.74, 6) is -1.07. The number of halogens is 2. The van der Waals surface area contributed by atoms with Crippen LogP contribution < -0.4 is 4.72 Å². The van der Waals surface area contributed by atoms with Crippen LogP contribution in [0.5, 0.6) is 0 Å². The van der Waals surface area contributed by atoms with Gasteiger partial charge in [0.2, 0.25) is 15.8 Å². The lowest BCUT2D eigenvalue weighted by molar-refractivity contribution is -0.387. The molecule has 1 rings (SSSR count). The molecule has 0 aliphatic carbocycles. The second-order valence-electron chi connectivity index (χ2n) is 2.96. The van der Waals surface area contributed by atoms with Gasteiger partial charge in [0.15, 0.2) is 0 Å². The molecule has 0 amide bonds. The van der Waals surface area contributed by atoms with Crippen LogP contribution in [0.1, 0.15) is 0 Å². The standard InChI is InChI=1S/C8H8BrFN2O4S/c9-3-4-11-17(15,16)6-1-2-7(10)8(5-6)12(13)14/h1-2,5,11H,3-4H2. The quantitative estimate of drug-likeness (QED) is 0.503. The number of sulfonamides is 1. The van der Waals surface area contributed by atoms with Crippen LogP contribution in [-0.2, 0) is 10.0 Å². The molecule has 0 bridgehead atoms. The highest BCUT2D eigenvalue weighted by Gasteiger charge is 2.20. The summed E-state index contributed by atoms with van der Waals surface area (Å²) in [5, 5.41) is 10.9. The van der Waals surface area contributed by atoms with E-state index in [0.717, 1.165) is 12.1 Å². The minimum atomic E-state index is -3.85. The van der Waals surface area contributed by atoms with Crippen molar-refractivity contribution < 1.29 is 17.7 Å². The average Bonchev–Trinajstić information content (AvgIpc) is 2.26. The molecule has 6 nitrogen and oxygen atoms in total. The molecule has 17 heavy (non-hydrogen) atoms. The first-order valence-electron chi connectivity index (χ1n) is 4.38. The molecule has 94 valence electrons. The Bertz CT molecular complexity index is 534. The number of nitrogens with one attached hydrogen (secondary N) is 1. The van der Waals surface area contributed by atoms with Crippen molar-refractivity contribution in [3.8, 4) is 0 Å². The van der Waals surface area contributed by atoms with Crippen molar-refractivity contribution in [1.29, 1.82) is 0 Å². The number of nitrogens with zero attached hydrogens (tertiary/aromatic N) is 1. The fraction of sp³-hybridized carbons (Fsp3) is 0.250. The average molecular weight is 327 g/mol. The molecule has 0 saturated heterocycles. The van der Waals surface area contributed by atoms with Crippen molar-refractivity contribution in [2.75, 3.05) is 11.9 Å². The largest absolute Gasteiger partial charge is 0.306 e. The normalized spacial score (nSPS) is 11.4. The predicted octanol–water partition coefficient (Wildman–Crippen LogP) is 1.41. The first-order valence-corrected chi connectivity index (χ1v) is 6.98. The Kier molecular flexibility index (Phi) is 4.54. The van der Waals surface area contributed by atoms with Gasteiger partial charge in [-0.05, 0) is 12.1 Å². The van der Waals surface area contributed by atoms with E-state index >= 15 is 0 Å². The first-order chi connectivity index (χ1) is 7.88. The van der Waals surface area contributed by atoms with Crippen molar-refractivity contribution in [3.63, 3.8) is 0 Å². The number of alkyl halides is 1. The van der Waals surface area contributed by atoms with Gasteiger partial charge in [-0.3, -0.25) is 10.1 Å². The van der Waals surface area contributed by atoms with E-state index in [0.29, 0.717) is 11.4 Å². The third kappa shape index (κ3) is 3.45. The zero-order chi connectivity index (χ0) is 13.1. The lowest BCUT2D eigenvalue weighted by Crippen LogP contribution is -2.25. The van der Waals surface area contributed by atoms with Crippen LogP contribution in [0.3, 0.4) is 0 Å². The number of benzene rings is 1. The molecule has 0 radical (unpaired) electrons. The Morgan fingerprint density at radius 3 is 2.65 bits per heavy atom. The van der Waals surface area contributed by atoms with Gasteiger partial charge >= 0.3 is 5.69 Å². The van der Waals surface area contributed by atoms with Crippen LogP contribution >= 0.6 is 15.9 Å². The van der Waals surface area contributed by atoms with Gasteiger partial charge < -0.3 is 0 Å². The second kappa shape index (κ2) is 5.52. The molecule has 0 heterocycles. The Hall–Kier alpha value is -1.06. The summed E-state index contributed by atoms with van der Waals surface area (Å²) in [6.07, 6.45) is 0. The number of nitro groups is 1. The summed E-state index contributed by atoms with van der Waals surface area (Å²) in [5.41, 5.74) is -0.869. The molecule has 0 spiro atoms. The van der Waals surface area contributed by atoms with E-state index in [2.05, 4.69) is 20.7 Å². The minimum absolute atomic E-state index is 0.132. The number of nitro benzene ring substituents is 1. The lowest BCUT2D eigenvalue weighted by atomic mass is 10.3. The van der Waals surface area contributed by atoms with Crippen LogP contribution in [0.25, 0.3) is 0 Å². The third-order valence-corrected chi connectivity index (χ3v) is 3.67. The van der Waals surface area contributed by atoms with E-state index in [4.69, 9.17) is 0 Å². The molecule has 0 unspecified atom stereocenters. The Balaban J connectivity index is 3.16. The fourth-order valence-electron chi connectivity index (χ4n) is 1.06. The summed E-state index contributed by atoms with van der Waals surface area (Å²) >= 11 is 3.03. The van der Waals surface area contributed by atoms with Crippen molar-refractivity contribution in [2.24, 2.45) is 0 Å². The zero-order valence-corrected chi connectivity index (χ0v) is 10.8. The van der Waals surface area contributed by atoms with Gasteiger partial charge in [-0.25, -0.2) is 13.1 Å². The van der Waals surface area contributed by atoms with Crippen molar-refractivity contribution in [1.82, 2.24) is 4.72 Å². The molecule has 1 aromatic carbocycles. The molecule has 0 aliphatic heterocycles. The summed E-state index contributed by atoms with van der Waals surface area (Å²) in [7, 11) is -3.85. The highest BCUT2D eigenvalue weighted by Crippen LogP contribution is 2.21. The highest BCUT2D eigenvalue weighted by molar-refractivity contribution is 9.09. The SMILES string of the molecule is O=[N+]([O-])c1cc(S(=O)(=O)NCCBr)ccc1F. The van der Waals surface area contributed by atoms with E-state index < -0.39 is 26.5 Å². The molecular formula is C8H8BrFN2O4S. The molecule has 0 saturated carbocycles. The van der Waals surface area contributed by atoms with E-state index in [1.54, 1.807) is 0 Å². The smallest absolute Gasteiger partial charge is 0.258 e. The first kappa shape index (κ1) is 14.0. The topological polar surface area (TPSA) is 89.3 Å². The van der Waals surface area contributed by atoms with Crippen molar-refractivity contribution in [3.05, 3.63) is 34.1 Å². The summed E-state index contributed by atoms with van der Waals surface area (Å²) in [4.78, 5) is 9.14. The molecule has 9 heteroatoms. The number of rotatable bonds is 5. The van der Waals surface area contributed by atoms with Gasteiger partial charge in [0, 0.05) is 17.9 Å². The van der Waals surface area contributed by atoms with E-state index in [1.165, 1.54) is 0 Å². The summed E-state index contributed by atoms with van der Waals surface area (Å²) < 4.78 is 38.4. The van der Waals surface area contributed by atoms with E-state index in [9.17, 15) is 22.9 Å². The lowest BCUT2D eigenvalue weighted by Gasteiger charge is -2.05. The van der Waals surface area contributed by atoms with Gasteiger partial charge in [-0.2, -0.15) is 4.39 Å². The Morgan fingerprint density at radius 1 is 1.47 bits per heavy atom. The van der Waals surface area contributed by atoms with Crippen LogP contribution in [0.15, 0.2) is 23.1 Å². The molecule has 0 fully saturated rings. The molecule has 1 aromatic rings. The van der Waals surface area contributed by atoms with Crippen molar-refractivity contribution in [2.45, 2.75) is 4.90 Å². The maximum atomic E-state index is 13.0. The maximum Gasteiger partial charge on any atom is 0.306 e. The van der Waals surface area contributed by atoms with Crippen LogP contribution in [0, 0.1) is 15.9 Å². The van der Waals surface area contributed by atoms with Gasteiger partial charge in [0.05, 0.1) is 9.82 Å². The Morgan fingerprint density at radius 2 is 2.12 bits per heavy atom. The van der Waals surface area contributed by atoms with Gasteiger partial charge in [-0.1, -0.05) is 15.9 Å². The molecule has 1 N–H and O–H groups in total. The van der Waals surface area contributed by atoms with Crippen molar-refractivity contribution >= 4 is 31.6 Å². The van der Waals surface area contributed by atoms with E-state index in [-0.39, 0.29) is 11.4 Å². The van der Waals surface area contributed by atoms with Crippen LogP contribution in [0.4, 0.5) is 10.1 Å². The summed E-state index contributed by atoms with van der Waals surface area (Å²) in [6, 6.07) is 2.41. The molecule has 0 aliphatic rings. The fourth-order valence-corrected chi connectivity index (χ4v) is 2.57. The number of hydrogen-bond acceptors (Lipinski definition) is 4. The Labute approximate surface area is 105 Å². The maximum absolute atomic E-state index is 13.0. The van der Waals surface area contributed by atoms with E-state index in [1.807, 2.05) is 0 Å². The minimum Gasteiger partial charge on any atom is -0.258 e. The van der Waals surface area contributed by atoms with Crippen LogP contribution in [0.2, 0.25) is 0 Å². The number of hydrogen-bond donors (Lipinski definition) is 1. The zero-order valence-electron chi connectivity index (χ0n) is 8.39. The second-order valence-corrected chi connectivity index (χ2v) is 5.52. The van der Waals surface area contributed by atoms with Crippen LogP contribution in [-0.4, -0.2) is 25.2 Å². The van der Waals surface area contributed by atoms with Gasteiger partial charge in [0.1, 0.15) is 0 Å². The van der Waals surface area contributed by atoms with Gasteiger partial charge in [0.25, 0.3) is 0 Å².